The van der Waals surface area contributed by atoms with Crippen LogP contribution in [0.2, 0.25) is 5.02 Å². The highest BCUT2D eigenvalue weighted by atomic mass is 35.5. The number of ether oxygens (including phenoxy) is 3. The van der Waals surface area contributed by atoms with E-state index in [1.807, 2.05) is 72.8 Å². The van der Waals surface area contributed by atoms with E-state index < -0.39 is 12.0 Å². The third kappa shape index (κ3) is 5.59. The zero-order valence-corrected chi connectivity index (χ0v) is 23.8. The molecule has 1 aliphatic heterocycles. The molecule has 9 heteroatoms. The number of fused-ring (bicyclic) bond motifs is 1. The molecular formula is C31H27ClN2O5S. The zero-order chi connectivity index (χ0) is 28.2. The number of allylic oxidation sites excluding steroid dienone is 1. The van der Waals surface area contributed by atoms with Crippen LogP contribution in [-0.2, 0) is 16.1 Å². The van der Waals surface area contributed by atoms with E-state index in [2.05, 4.69) is 4.99 Å². The van der Waals surface area contributed by atoms with Gasteiger partial charge in [-0.25, -0.2) is 9.79 Å². The van der Waals surface area contributed by atoms with Crippen molar-refractivity contribution in [3.8, 4) is 11.5 Å². The van der Waals surface area contributed by atoms with Crippen LogP contribution in [0, 0.1) is 0 Å². The largest absolute Gasteiger partial charge is 0.496 e. The Bertz CT molecular complexity index is 1770. The predicted octanol–water partition coefficient (Wildman–Crippen LogP) is 5.04. The molecule has 204 valence electrons. The van der Waals surface area contributed by atoms with Crippen LogP contribution in [0.15, 0.2) is 93.9 Å². The quantitative estimate of drug-likeness (QED) is 0.276. The normalized spacial score (nSPS) is 14.9. The van der Waals surface area contributed by atoms with Gasteiger partial charge in [0, 0.05) is 10.6 Å². The van der Waals surface area contributed by atoms with E-state index in [1.165, 1.54) is 11.3 Å². The van der Waals surface area contributed by atoms with E-state index >= 15 is 0 Å². The molecule has 0 N–H and O–H groups in total. The Morgan fingerprint density at radius 1 is 1.10 bits per heavy atom. The van der Waals surface area contributed by atoms with Crippen molar-refractivity contribution in [3.63, 3.8) is 0 Å². The maximum Gasteiger partial charge on any atom is 0.338 e. The molecule has 1 aromatic heterocycles. The lowest BCUT2D eigenvalue weighted by atomic mass is 9.95. The second kappa shape index (κ2) is 11.9. The molecule has 2 heterocycles. The van der Waals surface area contributed by atoms with Gasteiger partial charge in [0.05, 0.1) is 29.5 Å². The summed E-state index contributed by atoms with van der Waals surface area (Å²) in [6.07, 6.45) is 1.81. The van der Waals surface area contributed by atoms with Crippen molar-refractivity contribution in [2.45, 2.75) is 26.5 Å². The molecular weight excluding hydrogens is 548 g/mol. The number of para-hydroxylation sites is 1. The lowest BCUT2D eigenvalue weighted by Crippen LogP contribution is -2.40. The van der Waals surface area contributed by atoms with Crippen LogP contribution in [0.5, 0.6) is 11.5 Å². The number of aromatic nitrogens is 1. The number of thiazole rings is 1. The minimum atomic E-state index is -0.748. The van der Waals surface area contributed by atoms with Crippen LogP contribution in [0.3, 0.4) is 0 Å². The summed E-state index contributed by atoms with van der Waals surface area (Å²) in [6, 6.07) is 21.6. The molecule has 40 heavy (non-hydrogen) atoms. The lowest BCUT2D eigenvalue weighted by molar-refractivity contribution is -0.139. The molecule has 0 unspecified atom stereocenters. The van der Waals surface area contributed by atoms with Gasteiger partial charge in [-0.2, -0.15) is 0 Å². The summed E-state index contributed by atoms with van der Waals surface area (Å²) in [7, 11) is 1.56. The van der Waals surface area contributed by atoms with Gasteiger partial charge >= 0.3 is 5.97 Å². The van der Waals surface area contributed by atoms with Gasteiger partial charge in [0.25, 0.3) is 5.56 Å². The molecule has 0 bridgehead atoms. The van der Waals surface area contributed by atoms with Crippen LogP contribution in [-0.4, -0.2) is 24.3 Å². The molecule has 0 saturated carbocycles. The number of benzene rings is 3. The maximum absolute atomic E-state index is 13.9. The summed E-state index contributed by atoms with van der Waals surface area (Å²) in [4.78, 5) is 32.1. The molecule has 0 fully saturated rings. The second-order valence-electron chi connectivity index (χ2n) is 9.03. The first-order chi connectivity index (χ1) is 19.4. The first-order valence-electron chi connectivity index (χ1n) is 12.7. The second-order valence-corrected chi connectivity index (χ2v) is 10.5. The SMILES string of the molecule is CCOC(=O)C1=C(C)N=c2s/c(=C\c3cccc(OCc4ccc(Cl)cc4)c3)c(=O)n2[C@H]1c1ccccc1OC. The van der Waals surface area contributed by atoms with Gasteiger partial charge in [-0.15, -0.1) is 0 Å². The molecule has 3 aromatic carbocycles. The third-order valence-corrected chi connectivity index (χ3v) is 7.66. The number of carbonyl (C=O) groups excluding carboxylic acids is 1. The molecule has 0 amide bonds. The van der Waals surface area contributed by atoms with E-state index in [1.54, 1.807) is 31.6 Å². The lowest BCUT2D eigenvalue weighted by Gasteiger charge is -2.25. The van der Waals surface area contributed by atoms with Crippen molar-refractivity contribution in [2.24, 2.45) is 4.99 Å². The van der Waals surface area contributed by atoms with Crippen molar-refractivity contribution in [2.75, 3.05) is 13.7 Å². The highest BCUT2D eigenvalue weighted by Gasteiger charge is 2.34. The van der Waals surface area contributed by atoms with Crippen molar-refractivity contribution < 1.29 is 19.0 Å². The Morgan fingerprint density at radius 2 is 1.88 bits per heavy atom. The fourth-order valence-corrected chi connectivity index (χ4v) is 5.74. The van der Waals surface area contributed by atoms with Crippen molar-refractivity contribution in [1.82, 2.24) is 4.57 Å². The summed E-state index contributed by atoms with van der Waals surface area (Å²) in [6.45, 7) is 4.09. The molecule has 1 aliphatic rings. The Kier molecular flexibility index (Phi) is 8.19. The van der Waals surface area contributed by atoms with Crippen LogP contribution >= 0.6 is 22.9 Å². The molecule has 4 aromatic rings. The monoisotopic (exact) mass is 574 g/mol. The zero-order valence-electron chi connectivity index (χ0n) is 22.2. The first-order valence-corrected chi connectivity index (χ1v) is 13.9. The molecule has 0 spiro atoms. The maximum atomic E-state index is 13.9. The highest BCUT2D eigenvalue weighted by Crippen LogP contribution is 2.35. The van der Waals surface area contributed by atoms with Crippen molar-refractivity contribution in [3.05, 3.63) is 125 Å². The van der Waals surface area contributed by atoms with Gasteiger partial charge < -0.3 is 14.2 Å². The fraction of sp³-hybridized carbons (Fsp3) is 0.194. The number of esters is 1. The van der Waals surface area contributed by atoms with E-state index in [4.69, 9.17) is 25.8 Å². The minimum absolute atomic E-state index is 0.203. The summed E-state index contributed by atoms with van der Waals surface area (Å²) >= 11 is 7.24. The van der Waals surface area contributed by atoms with Crippen LogP contribution in [0.1, 0.15) is 36.6 Å². The molecule has 0 radical (unpaired) electrons. The molecule has 0 aliphatic carbocycles. The van der Waals surface area contributed by atoms with Crippen LogP contribution < -0.4 is 24.4 Å². The minimum Gasteiger partial charge on any atom is -0.496 e. The van der Waals surface area contributed by atoms with E-state index in [0.717, 1.165) is 11.1 Å². The van der Waals surface area contributed by atoms with Gasteiger partial charge in [0.1, 0.15) is 24.1 Å². The molecule has 7 nitrogen and oxygen atoms in total. The van der Waals surface area contributed by atoms with Crippen molar-refractivity contribution >= 4 is 35.0 Å². The Labute approximate surface area is 240 Å². The van der Waals surface area contributed by atoms with E-state index in [9.17, 15) is 9.59 Å². The van der Waals surface area contributed by atoms with Crippen molar-refractivity contribution in [1.29, 1.82) is 0 Å². The molecule has 5 rings (SSSR count). The summed E-state index contributed by atoms with van der Waals surface area (Å²) in [5.41, 5.74) is 3.01. The molecule has 1 atom stereocenters. The summed E-state index contributed by atoms with van der Waals surface area (Å²) < 4.78 is 19.0. The summed E-state index contributed by atoms with van der Waals surface area (Å²) in [5, 5.41) is 0.671. The Balaban J connectivity index is 1.56. The standard InChI is InChI=1S/C31H27ClN2O5S/c1-4-38-30(36)27-19(2)33-31-34(28(27)24-10-5-6-11-25(24)37-3)29(35)26(40-31)17-21-8-7-9-23(16-21)39-18-20-12-14-22(32)15-13-20/h5-17,28H,4,18H2,1-3H3/b26-17-/t28-/m0/s1. The smallest absolute Gasteiger partial charge is 0.338 e. The predicted molar refractivity (Wildman–Crippen MR) is 156 cm³/mol. The van der Waals surface area contributed by atoms with Gasteiger partial charge in [-0.1, -0.05) is 65.4 Å². The highest BCUT2D eigenvalue weighted by molar-refractivity contribution is 7.07. The number of nitrogens with zero attached hydrogens (tertiary/aromatic N) is 2. The van der Waals surface area contributed by atoms with E-state index in [0.29, 0.717) is 49.3 Å². The summed E-state index contributed by atoms with van der Waals surface area (Å²) in [5.74, 6) is 0.715. The van der Waals surface area contributed by atoms with Crippen LogP contribution in [0.4, 0.5) is 0 Å². The Morgan fingerprint density at radius 3 is 2.62 bits per heavy atom. The topological polar surface area (TPSA) is 79.1 Å². The third-order valence-electron chi connectivity index (χ3n) is 6.43. The number of hydrogen-bond donors (Lipinski definition) is 0. The average Bonchev–Trinajstić information content (AvgIpc) is 3.26. The number of halogens is 1. The average molecular weight is 575 g/mol. The number of rotatable bonds is 8. The first kappa shape index (κ1) is 27.4. The van der Waals surface area contributed by atoms with Crippen LogP contribution in [0.25, 0.3) is 6.08 Å². The number of hydrogen-bond acceptors (Lipinski definition) is 7. The number of carbonyl (C=O) groups is 1. The molecule has 0 saturated heterocycles. The Hall–Kier alpha value is -4.14. The van der Waals surface area contributed by atoms with Gasteiger partial charge in [0.15, 0.2) is 4.80 Å². The van der Waals surface area contributed by atoms with Gasteiger partial charge in [-0.3, -0.25) is 9.36 Å². The van der Waals surface area contributed by atoms with E-state index in [-0.39, 0.29) is 12.2 Å². The van der Waals surface area contributed by atoms with Gasteiger partial charge in [-0.05, 0) is 61.4 Å². The fourth-order valence-electron chi connectivity index (χ4n) is 4.57. The van der Waals surface area contributed by atoms with Gasteiger partial charge in [0.2, 0.25) is 0 Å². The number of methoxy groups -OCH3 is 1.